The van der Waals surface area contributed by atoms with E-state index in [1.54, 1.807) is 24.4 Å². The van der Waals surface area contributed by atoms with Crippen LogP contribution in [0.3, 0.4) is 0 Å². The minimum absolute atomic E-state index is 0.382. The molecule has 0 aliphatic carbocycles. The highest BCUT2D eigenvalue weighted by Gasteiger charge is 2.35. The fraction of sp³-hybridized carbons (Fsp3) is 0.368. The highest BCUT2D eigenvalue weighted by Crippen LogP contribution is 2.37. The third-order valence-electron chi connectivity index (χ3n) is 4.00. The highest BCUT2D eigenvalue weighted by molar-refractivity contribution is 5.98. The van der Waals surface area contributed by atoms with E-state index in [-0.39, 0.29) is 0 Å². The van der Waals surface area contributed by atoms with Crippen molar-refractivity contribution in [2.75, 3.05) is 34.5 Å². The number of hydrogen-bond donors (Lipinski definition) is 0. The molecule has 1 aliphatic heterocycles. The minimum atomic E-state index is -0.543. The first kappa shape index (κ1) is 18.7. The van der Waals surface area contributed by atoms with Crippen LogP contribution in [0, 0.1) is 6.92 Å². The maximum absolute atomic E-state index is 12.4. The first-order chi connectivity index (χ1) is 12.0. The summed E-state index contributed by atoms with van der Waals surface area (Å²) in [6.07, 6.45) is 3.40. The van der Waals surface area contributed by atoms with Crippen LogP contribution in [0.4, 0.5) is 0 Å². The molecule has 0 spiro atoms. The van der Waals surface area contributed by atoms with Crippen LogP contribution >= 0.6 is 0 Å². The van der Waals surface area contributed by atoms with Gasteiger partial charge in [0, 0.05) is 26.1 Å². The number of nitrogens with zero attached hydrogens (tertiary/aromatic N) is 1. The summed E-state index contributed by atoms with van der Waals surface area (Å²) in [7, 11) is 4.24. The number of hydrogen-bond acceptors (Lipinski definition) is 6. The van der Waals surface area contributed by atoms with Crippen molar-refractivity contribution in [1.82, 2.24) is 4.90 Å². The van der Waals surface area contributed by atoms with Crippen molar-refractivity contribution in [3.8, 4) is 0 Å². The number of ether oxygens (including phenoxy) is 3. The van der Waals surface area contributed by atoms with E-state index in [1.165, 1.54) is 14.2 Å². The predicted octanol–water partition coefficient (Wildman–Crippen LogP) is 2.15. The molecule has 1 aliphatic rings. The van der Waals surface area contributed by atoms with Gasteiger partial charge in [0.1, 0.15) is 0 Å². The Kier molecular flexibility index (Phi) is 6.36. The molecular weight excluding hydrogens is 322 g/mol. The van der Waals surface area contributed by atoms with E-state index < -0.39 is 17.9 Å². The van der Waals surface area contributed by atoms with E-state index in [0.717, 1.165) is 11.1 Å². The monoisotopic (exact) mass is 345 g/mol. The van der Waals surface area contributed by atoms with Crippen LogP contribution in [0.2, 0.25) is 0 Å². The van der Waals surface area contributed by atoms with Gasteiger partial charge in [-0.25, -0.2) is 9.59 Å². The second kappa shape index (κ2) is 8.48. The Morgan fingerprint density at radius 2 is 1.64 bits per heavy atom. The molecule has 25 heavy (non-hydrogen) atoms. The maximum Gasteiger partial charge on any atom is 0.336 e. The fourth-order valence-corrected chi connectivity index (χ4v) is 2.82. The number of esters is 2. The molecule has 1 aromatic carbocycles. The maximum atomic E-state index is 12.4. The second-order valence-corrected chi connectivity index (χ2v) is 5.73. The van der Waals surface area contributed by atoms with Crippen LogP contribution in [0.5, 0.6) is 0 Å². The van der Waals surface area contributed by atoms with Gasteiger partial charge in [-0.3, -0.25) is 0 Å². The van der Waals surface area contributed by atoms with E-state index in [2.05, 4.69) is 0 Å². The molecule has 1 heterocycles. The second-order valence-electron chi connectivity index (χ2n) is 5.73. The zero-order valence-corrected chi connectivity index (χ0v) is 14.9. The molecule has 2 rings (SSSR count). The fourth-order valence-electron chi connectivity index (χ4n) is 2.82. The lowest BCUT2D eigenvalue weighted by atomic mass is 9.83. The van der Waals surface area contributed by atoms with Crippen molar-refractivity contribution in [2.45, 2.75) is 12.8 Å². The molecule has 0 unspecified atom stereocenters. The summed E-state index contributed by atoms with van der Waals surface area (Å²) >= 11 is 0. The van der Waals surface area contributed by atoms with Crippen molar-refractivity contribution in [2.24, 2.45) is 0 Å². The number of aryl methyl sites for hydroxylation is 1. The van der Waals surface area contributed by atoms with Gasteiger partial charge in [0.25, 0.3) is 0 Å². The van der Waals surface area contributed by atoms with Gasteiger partial charge in [-0.05, 0) is 12.5 Å². The van der Waals surface area contributed by atoms with Crippen LogP contribution in [-0.2, 0) is 23.8 Å². The molecule has 0 fully saturated rings. The van der Waals surface area contributed by atoms with Crippen molar-refractivity contribution >= 4 is 11.9 Å². The summed E-state index contributed by atoms with van der Waals surface area (Å²) in [6, 6.07) is 7.69. The van der Waals surface area contributed by atoms with Crippen molar-refractivity contribution < 1.29 is 23.8 Å². The van der Waals surface area contributed by atoms with E-state index in [0.29, 0.717) is 24.3 Å². The number of rotatable bonds is 6. The molecule has 1 aromatic rings. The number of benzene rings is 1. The average Bonchev–Trinajstić information content (AvgIpc) is 2.64. The Bertz CT molecular complexity index is 674. The van der Waals surface area contributed by atoms with E-state index >= 15 is 0 Å². The molecule has 0 amide bonds. The molecular formula is C19H23NO5. The van der Waals surface area contributed by atoms with Gasteiger partial charge in [-0.1, -0.05) is 29.8 Å². The molecule has 0 saturated heterocycles. The summed E-state index contributed by atoms with van der Waals surface area (Å²) in [5.41, 5.74) is 2.63. The third-order valence-corrected chi connectivity index (χ3v) is 4.00. The zero-order valence-electron chi connectivity index (χ0n) is 14.9. The molecule has 0 bridgehead atoms. The summed E-state index contributed by atoms with van der Waals surface area (Å²) in [4.78, 5) is 26.5. The van der Waals surface area contributed by atoms with Gasteiger partial charge in [-0.2, -0.15) is 0 Å². The molecule has 6 heteroatoms. The van der Waals surface area contributed by atoms with Gasteiger partial charge < -0.3 is 19.1 Å². The largest absolute Gasteiger partial charge is 0.466 e. The van der Waals surface area contributed by atoms with Gasteiger partial charge in [0.15, 0.2) is 0 Å². The number of carbonyl (C=O) groups is 2. The van der Waals surface area contributed by atoms with E-state index in [9.17, 15) is 9.59 Å². The van der Waals surface area contributed by atoms with Crippen molar-refractivity contribution in [3.63, 3.8) is 0 Å². The summed E-state index contributed by atoms with van der Waals surface area (Å²) in [5, 5.41) is 0. The highest BCUT2D eigenvalue weighted by atomic mass is 16.5. The van der Waals surface area contributed by atoms with Gasteiger partial charge in [-0.15, -0.1) is 0 Å². The molecule has 0 radical (unpaired) electrons. The topological polar surface area (TPSA) is 65.1 Å². The molecule has 134 valence electrons. The molecule has 0 N–H and O–H groups in total. The summed E-state index contributed by atoms with van der Waals surface area (Å²) in [6.45, 7) is 2.91. The van der Waals surface area contributed by atoms with E-state index in [4.69, 9.17) is 14.2 Å². The SMILES string of the molecule is COCCN1C=C(C(=O)OC)C(c2cccc(C)c2)C(C(=O)OC)=C1. The Labute approximate surface area is 147 Å². The Hall–Kier alpha value is -2.60. The van der Waals surface area contributed by atoms with Gasteiger partial charge in [0.2, 0.25) is 0 Å². The first-order valence-corrected chi connectivity index (χ1v) is 7.93. The number of carbonyl (C=O) groups excluding carboxylic acids is 2. The quantitative estimate of drug-likeness (QED) is 0.736. The van der Waals surface area contributed by atoms with E-state index in [1.807, 2.05) is 31.2 Å². The molecule has 0 saturated carbocycles. The van der Waals surface area contributed by atoms with Crippen molar-refractivity contribution in [1.29, 1.82) is 0 Å². The van der Waals surface area contributed by atoms with Crippen LogP contribution in [0.1, 0.15) is 17.0 Å². The minimum Gasteiger partial charge on any atom is -0.466 e. The molecule has 6 nitrogen and oxygen atoms in total. The smallest absolute Gasteiger partial charge is 0.336 e. The lowest BCUT2D eigenvalue weighted by Gasteiger charge is -2.30. The number of methoxy groups -OCH3 is 3. The predicted molar refractivity (Wildman–Crippen MR) is 92.7 cm³/mol. The standard InChI is InChI=1S/C19H23NO5/c1-13-6-5-7-14(10-13)17-15(18(21)24-3)11-20(8-9-23-2)12-16(17)19(22)25-4/h5-7,10-12,17H,8-9H2,1-4H3. The van der Waals surface area contributed by atoms with Crippen LogP contribution in [0.25, 0.3) is 0 Å². The molecule has 0 atom stereocenters. The normalized spacial score (nSPS) is 14.6. The van der Waals surface area contributed by atoms with Crippen LogP contribution < -0.4 is 0 Å². The lowest BCUT2D eigenvalue weighted by molar-refractivity contribution is -0.137. The van der Waals surface area contributed by atoms with Crippen LogP contribution in [0.15, 0.2) is 47.8 Å². The third kappa shape index (κ3) is 4.28. The Morgan fingerprint density at radius 1 is 1.04 bits per heavy atom. The van der Waals surface area contributed by atoms with Gasteiger partial charge in [0.05, 0.1) is 37.9 Å². The summed E-state index contributed by atoms with van der Waals surface area (Å²) in [5.74, 6) is -1.51. The Balaban J connectivity index is 2.54. The first-order valence-electron chi connectivity index (χ1n) is 7.93. The average molecular weight is 345 g/mol. The van der Waals surface area contributed by atoms with Gasteiger partial charge >= 0.3 is 11.9 Å². The lowest BCUT2D eigenvalue weighted by Crippen LogP contribution is -2.30. The molecule has 0 aromatic heterocycles. The summed E-state index contributed by atoms with van der Waals surface area (Å²) < 4.78 is 15.0. The van der Waals surface area contributed by atoms with Crippen molar-refractivity contribution in [3.05, 3.63) is 58.9 Å². The zero-order chi connectivity index (χ0) is 18.4. The Morgan fingerprint density at radius 3 is 2.12 bits per heavy atom. The van der Waals surface area contributed by atoms with Crippen LogP contribution in [-0.4, -0.2) is 51.3 Å².